The van der Waals surface area contributed by atoms with Gasteiger partial charge in [0.2, 0.25) is 6.29 Å². The van der Waals surface area contributed by atoms with Crippen LogP contribution in [0.25, 0.3) is 0 Å². The molecule has 1 unspecified atom stereocenters. The molecule has 0 aromatic carbocycles. The van der Waals surface area contributed by atoms with Gasteiger partial charge in [0.1, 0.15) is 0 Å². The Kier molecular flexibility index (Phi) is 6.26. The molecule has 2 atom stereocenters. The van der Waals surface area contributed by atoms with Crippen molar-refractivity contribution >= 4 is 18.0 Å². The molecular formula is C11H19NO7. The van der Waals surface area contributed by atoms with Crippen LogP contribution in [-0.4, -0.2) is 47.2 Å². The number of esters is 1. The molecule has 0 saturated heterocycles. The highest BCUT2D eigenvalue weighted by molar-refractivity contribution is 5.80. The van der Waals surface area contributed by atoms with E-state index in [4.69, 9.17) is 14.9 Å². The quantitative estimate of drug-likeness (QED) is 0.481. The summed E-state index contributed by atoms with van der Waals surface area (Å²) in [5.74, 6) is -1.97. The molecule has 0 fully saturated rings. The number of ether oxygens (including phenoxy) is 2. The summed E-state index contributed by atoms with van der Waals surface area (Å²) < 4.78 is 9.46. The second-order valence-corrected chi connectivity index (χ2v) is 4.85. The third-order valence-electron chi connectivity index (χ3n) is 1.93. The highest BCUT2D eigenvalue weighted by Gasteiger charge is 2.27. The van der Waals surface area contributed by atoms with Crippen LogP contribution in [0.5, 0.6) is 0 Å². The molecule has 0 bridgehead atoms. The molecule has 0 saturated carbocycles. The Balaban J connectivity index is 4.27. The molecular weight excluding hydrogens is 258 g/mol. The van der Waals surface area contributed by atoms with Crippen molar-refractivity contribution in [2.24, 2.45) is 5.41 Å². The smallest absolute Gasteiger partial charge is 0.411 e. The van der Waals surface area contributed by atoms with Crippen molar-refractivity contribution in [2.45, 2.75) is 40.0 Å². The zero-order valence-corrected chi connectivity index (χ0v) is 11.3. The van der Waals surface area contributed by atoms with Crippen molar-refractivity contribution in [3.63, 3.8) is 0 Å². The lowest BCUT2D eigenvalue weighted by molar-refractivity contribution is -0.174. The standard InChI is InChI=1S/C11H19NO7/c1-6(18-9(16)11(2,3)4)19-10(17)12-7(5-13)8(14)15/h6-7,13H,5H2,1-4H3,(H,12,17)(H,14,15)/t6?,7-/m1/s1. The third kappa shape index (κ3) is 6.61. The van der Waals surface area contributed by atoms with Gasteiger partial charge in [0.05, 0.1) is 12.0 Å². The van der Waals surface area contributed by atoms with E-state index in [1.807, 2.05) is 5.32 Å². The fraction of sp³-hybridized carbons (Fsp3) is 0.727. The van der Waals surface area contributed by atoms with Gasteiger partial charge in [-0.15, -0.1) is 0 Å². The molecule has 0 aromatic heterocycles. The Bertz CT molecular complexity index is 347. The molecule has 0 spiro atoms. The van der Waals surface area contributed by atoms with E-state index in [0.29, 0.717) is 0 Å². The molecule has 0 aliphatic heterocycles. The van der Waals surface area contributed by atoms with Crippen LogP contribution < -0.4 is 5.32 Å². The summed E-state index contributed by atoms with van der Waals surface area (Å²) in [5, 5.41) is 19.2. The van der Waals surface area contributed by atoms with Crippen LogP contribution in [0.15, 0.2) is 0 Å². The van der Waals surface area contributed by atoms with Gasteiger partial charge >= 0.3 is 18.0 Å². The van der Waals surface area contributed by atoms with E-state index < -0.39 is 42.4 Å². The number of alkyl carbamates (subject to hydrolysis) is 1. The van der Waals surface area contributed by atoms with Crippen molar-refractivity contribution in [3.8, 4) is 0 Å². The van der Waals surface area contributed by atoms with Crippen LogP contribution in [0.3, 0.4) is 0 Å². The van der Waals surface area contributed by atoms with Gasteiger partial charge in [-0.05, 0) is 20.8 Å². The molecule has 0 heterocycles. The third-order valence-corrected chi connectivity index (χ3v) is 1.93. The second-order valence-electron chi connectivity index (χ2n) is 4.85. The van der Waals surface area contributed by atoms with E-state index in [1.54, 1.807) is 20.8 Å². The lowest BCUT2D eigenvalue weighted by Crippen LogP contribution is -2.44. The van der Waals surface area contributed by atoms with Crippen molar-refractivity contribution in [1.82, 2.24) is 5.32 Å². The molecule has 8 nitrogen and oxygen atoms in total. The Labute approximate surface area is 110 Å². The Morgan fingerprint density at radius 3 is 2.11 bits per heavy atom. The maximum Gasteiger partial charge on any atom is 0.411 e. The van der Waals surface area contributed by atoms with E-state index in [-0.39, 0.29) is 0 Å². The summed E-state index contributed by atoms with van der Waals surface area (Å²) in [7, 11) is 0. The Hall–Kier alpha value is -1.83. The maximum absolute atomic E-state index is 11.5. The van der Waals surface area contributed by atoms with Crippen LogP contribution in [0.4, 0.5) is 4.79 Å². The van der Waals surface area contributed by atoms with Crippen LogP contribution in [-0.2, 0) is 19.1 Å². The lowest BCUT2D eigenvalue weighted by Gasteiger charge is -2.21. The van der Waals surface area contributed by atoms with Crippen LogP contribution in [0.1, 0.15) is 27.7 Å². The topological polar surface area (TPSA) is 122 Å². The molecule has 1 amide bonds. The van der Waals surface area contributed by atoms with Crippen LogP contribution in [0.2, 0.25) is 0 Å². The molecule has 0 aliphatic carbocycles. The SMILES string of the molecule is CC(OC(=O)N[C@H](CO)C(=O)O)OC(=O)C(C)(C)C. The zero-order chi connectivity index (χ0) is 15.2. The molecule has 0 rings (SSSR count). The molecule has 110 valence electrons. The number of hydrogen-bond acceptors (Lipinski definition) is 6. The normalized spacial score (nSPS) is 14.2. The number of amides is 1. The van der Waals surface area contributed by atoms with E-state index in [0.717, 1.165) is 0 Å². The van der Waals surface area contributed by atoms with E-state index in [9.17, 15) is 14.4 Å². The summed E-state index contributed by atoms with van der Waals surface area (Å²) in [4.78, 5) is 33.3. The van der Waals surface area contributed by atoms with Gasteiger partial charge in [-0.25, -0.2) is 9.59 Å². The molecule has 0 radical (unpaired) electrons. The van der Waals surface area contributed by atoms with Crippen molar-refractivity contribution < 1.29 is 34.1 Å². The number of nitrogens with one attached hydrogen (secondary N) is 1. The maximum atomic E-state index is 11.5. The van der Waals surface area contributed by atoms with Gasteiger partial charge in [0.15, 0.2) is 6.04 Å². The highest BCUT2D eigenvalue weighted by Crippen LogP contribution is 2.16. The number of carbonyl (C=O) groups excluding carboxylic acids is 2. The van der Waals surface area contributed by atoms with E-state index in [1.165, 1.54) is 6.92 Å². The summed E-state index contributed by atoms with van der Waals surface area (Å²) in [5.41, 5.74) is -0.747. The monoisotopic (exact) mass is 277 g/mol. The van der Waals surface area contributed by atoms with Gasteiger partial charge in [0.25, 0.3) is 0 Å². The summed E-state index contributed by atoms with van der Waals surface area (Å²) in [6.07, 6.45) is -2.27. The lowest BCUT2D eigenvalue weighted by atomic mass is 9.97. The minimum absolute atomic E-state index is 0.565. The van der Waals surface area contributed by atoms with Crippen molar-refractivity contribution in [2.75, 3.05) is 6.61 Å². The predicted molar refractivity (Wildman–Crippen MR) is 63.1 cm³/mol. The number of carboxylic acid groups (broad SMARTS) is 1. The van der Waals surface area contributed by atoms with Crippen LogP contribution in [0, 0.1) is 5.41 Å². The number of aliphatic hydroxyl groups excluding tert-OH is 1. The highest BCUT2D eigenvalue weighted by atomic mass is 16.7. The molecule has 19 heavy (non-hydrogen) atoms. The summed E-state index contributed by atoms with van der Waals surface area (Å²) in [6.45, 7) is 5.44. The van der Waals surface area contributed by atoms with E-state index >= 15 is 0 Å². The zero-order valence-electron chi connectivity index (χ0n) is 11.3. The minimum atomic E-state index is -1.47. The number of rotatable bonds is 5. The van der Waals surface area contributed by atoms with Gasteiger partial charge in [-0.2, -0.15) is 0 Å². The predicted octanol–water partition coefficient (Wildman–Crippen LogP) is 0.0934. The van der Waals surface area contributed by atoms with Gasteiger partial charge < -0.3 is 25.0 Å². The van der Waals surface area contributed by atoms with Gasteiger partial charge in [0, 0.05) is 6.92 Å². The van der Waals surface area contributed by atoms with E-state index in [2.05, 4.69) is 4.74 Å². The molecule has 0 aliphatic rings. The van der Waals surface area contributed by atoms with Crippen molar-refractivity contribution in [3.05, 3.63) is 0 Å². The number of hydrogen-bond donors (Lipinski definition) is 3. The number of carboxylic acids is 1. The minimum Gasteiger partial charge on any atom is -0.480 e. The number of carbonyl (C=O) groups is 3. The van der Waals surface area contributed by atoms with Crippen LogP contribution >= 0.6 is 0 Å². The Morgan fingerprint density at radius 2 is 1.74 bits per heavy atom. The number of aliphatic carboxylic acids is 1. The Morgan fingerprint density at radius 1 is 1.21 bits per heavy atom. The summed E-state index contributed by atoms with van der Waals surface area (Å²) in [6, 6.07) is -1.47. The fourth-order valence-corrected chi connectivity index (χ4v) is 0.864. The first-order valence-electron chi connectivity index (χ1n) is 5.59. The van der Waals surface area contributed by atoms with Gasteiger partial charge in [-0.3, -0.25) is 4.79 Å². The fourth-order valence-electron chi connectivity index (χ4n) is 0.864. The summed E-state index contributed by atoms with van der Waals surface area (Å²) >= 11 is 0. The number of aliphatic hydroxyl groups is 1. The largest absolute Gasteiger partial charge is 0.480 e. The first kappa shape index (κ1) is 17.2. The second kappa shape index (κ2) is 6.93. The first-order chi connectivity index (χ1) is 8.57. The molecule has 8 heteroatoms. The molecule has 0 aromatic rings. The van der Waals surface area contributed by atoms with Crippen molar-refractivity contribution in [1.29, 1.82) is 0 Å². The first-order valence-corrected chi connectivity index (χ1v) is 5.59. The van der Waals surface area contributed by atoms with Gasteiger partial charge in [-0.1, -0.05) is 0 Å². The average molecular weight is 277 g/mol. The average Bonchev–Trinajstić information content (AvgIpc) is 2.23. The molecule has 3 N–H and O–H groups in total.